The zero-order valence-electron chi connectivity index (χ0n) is 16.4. The Kier molecular flexibility index (Phi) is 4.85. The molecule has 1 aliphatic carbocycles. The number of benzene rings is 2. The highest BCUT2D eigenvalue weighted by Gasteiger charge is 2.38. The van der Waals surface area contributed by atoms with Crippen molar-refractivity contribution in [1.82, 2.24) is 20.2 Å². The van der Waals surface area contributed by atoms with Gasteiger partial charge in [-0.3, -0.25) is 4.72 Å². The third kappa shape index (κ3) is 4.00. The summed E-state index contributed by atoms with van der Waals surface area (Å²) in [6.07, 6.45) is 0.984. The van der Waals surface area contributed by atoms with E-state index in [4.69, 9.17) is 0 Å². The molecule has 0 unspecified atom stereocenters. The van der Waals surface area contributed by atoms with Gasteiger partial charge in [0.15, 0.2) is 5.82 Å². The van der Waals surface area contributed by atoms with Crippen molar-refractivity contribution in [2.45, 2.75) is 39.0 Å². The minimum absolute atomic E-state index is 0.120. The fourth-order valence-electron chi connectivity index (χ4n) is 3.39. The van der Waals surface area contributed by atoms with Gasteiger partial charge in [0.2, 0.25) is 10.0 Å². The predicted molar refractivity (Wildman–Crippen MR) is 108 cm³/mol. The Bertz CT molecular complexity index is 1180. The second-order valence-corrected chi connectivity index (χ2v) is 9.40. The van der Waals surface area contributed by atoms with Crippen LogP contribution < -0.4 is 4.72 Å². The molecule has 3 aromatic rings. The van der Waals surface area contributed by atoms with Crippen LogP contribution in [0.25, 0.3) is 11.4 Å². The smallest absolute Gasteiger partial charge is 0.237 e. The summed E-state index contributed by atoms with van der Waals surface area (Å²) in [6, 6.07) is 10.2. The summed E-state index contributed by atoms with van der Waals surface area (Å²) in [7, 11) is -3.86. The Morgan fingerprint density at radius 3 is 2.69 bits per heavy atom. The van der Waals surface area contributed by atoms with Gasteiger partial charge in [-0.2, -0.15) is 0 Å². The number of aryl methyl sites for hydroxylation is 2. The molecule has 1 fully saturated rings. The molecular weight excluding hydrogens is 393 g/mol. The summed E-state index contributed by atoms with van der Waals surface area (Å²) < 4.78 is 44.2. The van der Waals surface area contributed by atoms with E-state index in [9.17, 15) is 12.8 Å². The lowest BCUT2D eigenvalue weighted by molar-refractivity contribution is 0.584. The second-order valence-electron chi connectivity index (χ2n) is 7.68. The van der Waals surface area contributed by atoms with Gasteiger partial charge in [-0.15, -0.1) is 5.10 Å². The van der Waals surface area contributed by atoms with Gasteiger partial charge in [0.1, 0.15) is 5.82 Å². The first-order valence-corrected chi connectivity index (χ1v) is 11.0. The number of anilines is 1. The normalized spacial score (nSPS) is 18.6. The van der Waals surface area contributed by atoms with Gasteiger partial charge in [0, 0.05) is 11.1 Å². The van der Waals surface area contributed by atoms with Crippen LogP contribution >= 0.6 is 0 Å². The lowest BCUT2D eigenvalue weighted by atomic mass is 10.1. The highest BCUT2D eigenvalue weighted by atomic mass is 32.2. The van der Waals surface area contributed by atoms with Gasteiger partial charge < -0.3 is 0 Å². The summed E-state index contributed by atoms with van der Waals surface area (Å²) in [4.78, 5) is 0. The first-order valence-electron chi connectivity index (χ1n) is 9.38. The van der Waals surface area contributed by atoms with Crippen LogP contribution in [0.4, 0.5) is 10.1 Å². The largest absolute Gasteiger partial charge is 0.282 e. The van der Waals surface area contributed by atoms with Gasteiger partial charge >= 0.3 is 0 Å². The summed E-state index contributed by atoms with van der Waals surface area (Å²) in [6.45, 7) is 5.68. The number of hydrogen-bond acceptors (Lipinski definition) is 5. The maximum Gasteiger partial charge on any atom is 0.237 e. The van der Waals surface area contributed by atoms with Gasteiger partial charge in [0.05, 0.1) is 17.5 Å². The van der Waals surface area contributed by atoms with Crippen LogP contribution in [0, 0.1) is 25.6 Å². The molecule has 4 rings (SSSR count). The van der Waals surface area contributed by atoms with Crippen molar-refractivity contribution in [3.8, 4) is 11.4 Å². The van der Waals surface area contributed by atoms with Crippen molar-refractivity contribution in [2.24, 2.45) is 5.92 Å². The maximum absolute atomic E-state index is 14.2. The quantitative estimate of drug-likeness (QED) is 0.664. The van der Waals surface area contributed by atoms with E-state index in [1.54, 1.807) is 23.7 Å². The first-order chi connectivity index (χ1) is 13.7. The second kappa shape index (κ2) is 7.22. The number of halogens is 1. The average Bonchev–Trinajstić information content (AvgIpc) is 3.17. The van der Waals surface area contributed by atoms with E-state index in [2.05, 4.69) is 27.2 Å². The summed E-state index contributed by atoms with van der Waals surface area (Å²) in [5.74, 6) is -0.00154. The Labute approximate surface area is 169 Å². The van der Waals surface area contributed by atoms with Crippen molar-refractivity contribution < 1.29 is 12.8 Å². The minimum atomic E-state index is -3.86. The standard InChI is InChI=1S/C20H22FN5O2S/c1-12-7-8-15(17(21)9-12)11-29(27,28)23-19-13(2)5-4-6-16(19)20-22-24-25-26(20)18-10-14(18)3/h4-9,14,18,23H,10-11H2,1-3H3/t14-,18-/m1/s1. The van der Waals surface area contributed by atoms with Crippen molar-refractivity contribution in [1.29, 1.82) is 0 Å². The molecule has 1 aromatic heterocycles. The fourth-order valence-corrected chi connectivity index (χ4v) is 4.69. The molecule has 2 atom stereocenters. The SMILES string of the molecule is Cc1ccc(CS(=O)(=O)Nc2c(C)cccc2-c2nnnn2[C@@H]2C[C@H]2C)c(F)c1. The Hall–Kier alpha value is -2.81. The van der Waals surface area contributed by atoms with Crippen LogP contribution in [0.5, 0.6) is 0 Å². The molecule has 9 heteroatoms. The van der Waals surface area contributed by atoms with Crippen LogP contribution in [-0.2, 0) is 15.8 Å². The molecule has 0 amide bonds. The third-order valence-corrected chi connectivity index (χ3v) is 6.41. The van der Waals surface area contributed by atoms with E-state index in [-0.39, 0.29) is 11.6 Å². The summed E-state index contributed by atoms with van der Waals surface area (Å²) in [5.41, 5.74) is 2.59. The third-order valence-electron chi connectivity index (χ3n) is 5.20. The molecule has 1 saturated carbocycles. The molecule has 152 valence electrons. The molecule has 0 saturated heterocycles. The molecule has 1 heterocycles. The van der Waals surface area contributed by atoms with E-state index < -0.39 is 21.6 Å². The topological polar surface area (TPSA) is 89.8 Å². The lowest BCUT2D eigenvalue weighted by Gasteiger charge is -2.15. The number of sulfonamides is 1. The highest BCUT2D eigenvalue weighted by molar-refractivity contribution is 7.91. The van der Waals surface area contributed by atoms with E-state index >= 15 is 0 Å². The number of aromatic nitrogens is 4. The molecule has 29 heavy (non-hydrogen) atoms. The molecule has 0 aliphatic heterocycles. The van der Waals surface area contributed by atoms with Crippen molar-refractivity contribution in [2.75, 3.05) is 4.72 Å². The lowest BCUT2D eigenvalue weighted by Crippen LogP contribution is -2.17. The molecule has 0 radical (unpaired) electrons. The molecule has 2 aromatic carbocycles. The summed E-state index contributed by atoms with van der Waals surface area (Å²) >= 11 is 0. The zero-order chi connectivity index (χ0) is 20.8. The van der Waals surface area contributed by atoms with Gasteiger partial charge in [-0.05, 0) is 59.9 Å². The molecule has 0 bridgehead atoms. The van der Waals surface area contributed by atoms with Crippen LogP contribution in [0.15, 0.2) is 36.4 Å². The van der Waals surface area contributed by atoms with Crippen molar-refractivity contribution in [3.05, 3.63) is 58.9 Å². The fraction of sp³-hybridized carbons (Fsp3) is 0.350. The number of tetrazole rings is 1. The Balaban J connectivity index is 1.68. The van der Waals surface area contributed by atoms with Crippen molar-refractivity contribution in [3.63, 3.8) is 0 Å². The van der Waals surface area contributed by atoms with Gasteiger partial charge in [0.25, 0.3) is 0 Å². The number of hydrogen-bond donors (Lipinski definition) is 1. The molecular formula is C20H22FN5O2S. The highest BCUT2D eigenvalue weighted by Crippen LogP contribution is 2.44. The van der Waals surface area contributed by atoms with E-state index in [1.165, 1.54) is 12.1 Å². The minimum Gasteiger partial charge on any atom is -0.282 e. The van der Waals surface area contributed by atoms with Crippen LogP contribution in [0.2, 0.25) is 0 Å². The molecule has 1 aliphatic rings. The first kappa shape index (κ1) is 19.5. The number of nitrogens with one attached hydrogen (secondary N) is 1. The van der Waals surface area contributed by atoms with Crippen LogP contribution in [-0.4, -0.2) is 28.6 Å². The van der Waals surface area contributed by atoms with Gasteiger partial charge in [-0.1, -0.05) is 31.2 Å². The Morgan fingerprint density at radius 2 is 2.00 bits per heavy atom. The van der Waals surface area contributed by atoms with E-state index in [1.807, 2.05) is 19.1 Å². The number of nitrogens with zero attached hydrogens (tertiary/aromatic N) is 4. The Morgan fingerprint density at radius 1 is 1.24 bits per heavy atom. The zero-order valence-corrected chi connectivity index (χ0v) is 17.2. The van der Waals surface area contributed by atoms with E-state index in [0.29, 0.717) is 23.0 Å². The molecule has 0 spiro atoms. The molecule has 7 nitrogen and oxygen atoms in total. The van der Waals surface area contributed by atoms with Crippen LogP contribution in [0.3, 0.4) is 0 Å². The van der Waals surface area contributed by atoms with Gasteiger partial charge in [-0.25, -0.2) is 17.5 Å². The van der Waals surface area contributed by atoms with Crippen molar-refractivity contribution >= 4 is 15.7 Å². The van der Waals surface area contributed by atoms with E-state index in [0.717, 1.165) is 17.5 Å². The maximum atomic E-state index is 14.2. The molecule has 1 N–H and O–H groups in total. The number of para-hydroxylation sites is 1. The summed E-state index contributed by atoms with van der Waals surface area (Å²) in [5, 5.41) is 12.0. The monoisotopic (exact) mass is 415 g/mol. The van der Waals surface area contributed by atoms with Crippen LogP contribution in [0.1, 0.15) is 36.1 Å². The number of rotatable bonds is 6. The predicted octanol–water partition coefficient (Wildman–Crippen LogP) is 3.62. The average molecular weight is 415 g/mol.